The van der Waals surface area contributed by atoms with Crippen molar-refractivity contribution in [3.05, 3.63) is 60.4 Å². The second kappa shape index (κ2) is 11.2. The molecule has 0 aromatic heterocycles. The number of benzene rings is 1. The molecule has 2 rings (SSSR count). The van der Waals surface area contributed by atoms with Gasteiger partial charge in [0.25, 0.3) is 0 Å². The normalized spacial score (nSPS) is 28.3. The van der Waals surface area contributed by atoms with Crippen molar-refractivity contribution in [2.24, 2.45) is 11.8 Å². The molecule has 1 aliphatic rings. The molecule has 7 heteroatoms. The smallest absolute Gasteiger partial charge is 0.333 e. The summed E-state index contributed by atoms with van der Waals surface area (Å²) in [6, 6.07) is 9.90. The van der Waals surface area contributed by atoms with E-state index >= 15 is 0 Å². The summed E-state index contributed by atoms with van der Waals surface area (Å²) < 4.78 is 23.7. The van der Waals surface area contributed by atoms with Gasteiger partial charge >= 0.3 is 5.97 Å². The van der Waals surface area contributed by atoms with E-state index in [0.29, 0.717) is 13.0 Å². The molecule has 0 radical (unpaired) electrons. The van der Waals surface area contributed by atoms with Gasteiger partial charge in [-0.1, -0.05) is 64.1 Å². The van der Waals surface area contributed by atoms with Gasteiger partial charge in [0.15, 0.2) is 8.32 Å². The minimum Gasteiger partial charge on any atom is -0.498 e. The average molecular weight is 491 g/mol. The predicted molar refractivity (Wildman–Crippen MR) is 137 cm³/mol. The molecular weight excluding hydrogens is 448 g/mol. The molecule has 0 saturated heterocycles. The maximum atomic E-state index is 12.0. The summed E-state index contributed by atoms with van der Waals surface area (Å²) in [5.74, 6) is -1.11. The lowest BCUT2D eigenvalue weighted by atomic mass is 9.67. The van der Waals surface area contributed by atoms with Crippen LogP contribution in [0.4, 0.5) is 0 Å². The maximum Gasteiger partial charge on any atom is 0.333 e. The van der Waals surface area contributed by atoms with Gasteiger partial charge in [0.05, 0.1) is 39.1 Å². The third kappa shape index (κ3) is 6.19. The number of hydrogen-bond donors (Lipinski definition) is 1. The largest absolute Gasteiger partial charge is 0.498 e. The summed E-state index contributed by atoms with van der Waals surface area (Å²) in [7, 11) is 0.575. The van der Waals surface area contributed by atoms with Gasteiger partial charge < -0.3 is 23.7 Å². The number of aliphatic hydroxyl groups is 1. The SMILES string of the molecule is C=C[C@H]1[C@@H](OCc2ccccc2)[C@H](O[Si](C)(C)C(C)(C)C)[C@H](C)C[C@]1(O)/C(=C/C(=O)OC)OC. The van der Waals surface area contributed by atoms with Crippen molar-refractivity contribution < 1.29 is 28.5 Å². The maximum absolute atomic E-state index is 12.0. The molecule has 1 fully saturated rings. The monoisotopic (exact) mass is 490 g/mol. The summed E-state index contributed by atoms with van der Waals surface area (Å²) >= 11 is 0. The summed E-state index contributed by atoms with van der Waals surface area (Å²) in [5, 5.41) is 12.0. The van der Waals surface area contributed by atoms with E-state index in [4.69, 9.17) is 18.6 Å². The van der Waals surface area contributed by atoms with E-state index in [1.807, 2.05) is 37.3 Å². The van der Waals surface area contributed by atoms with Crippen LogP contribution in [0.5, 0.6) is 0 Å². The highest BCUT2D eigenvalue weighted by Crippen LogP contribution is 2.48. The van der Waals surface area contributed by atoms with Gasteiger partial charge in [-0.05, 0) is 36.0 Å². The molecule has 1 saturated carbocycles. The first-order valence-electron chi connectivity index (χ1n) is 11.8. The first-order chi connectivity index (χ1) is 15.8. The van der Waals surface area contributed by atoms with Crippen LogP contribution in [0.25, 0.3) is 0 Å². The zero-order valence-corrected chi connectivity index (χ0v) is 23.0. The molecule has 1 aliphatic carbocycles. The number of methoxy groups -OCH3 is 2. The van der Waals surface area contributed by atoms with Crippen molar-refractivity contribution in [1.82, 2.24) is 0 Å². The Morgan fingerprint density at radius 1 is 1.18 bits per heavy atom. The topological polar surface area (TPSA) is 74.2 Å². The Kier molecular flexibility index (Phi) is 9.33. The number of carbonyl (C=O) groups is 1. The van der Waals surface area contributed by atoms with Crippen LogP contribution in [0, 0.1) is 11.8 Å². The van der Waals surface area contributed by atoms with Crippen LogP contribution >= 0.6 is 0 Å². The lowest BCUT2D eigenvalue weighted by Crippen LogP contribution is -2.61. The minimum atomic E-state index is -2.16. The number of esters is 1. The van der Waals surface area contributed by atoms with Crippen LogP contribution in [0.3, 0.4) is 0 Å². The summed E-state index contributed by atoms with van der Waals surface area (Å²) in [6.07, 6.45) is 2.45. The number of hydrogen-bond acceptors (Lipinski definition) is 6. The van der Waals surface area contributed by atoms with E-state index in [1.165, 1.54) is 20.3 Å². The molecule has 34 heavy (non-hydrogen) atoms. The number of carbonyl (C=O) groups excluding carboxylic acids is 1. The highest BCUT2D eigenvalue weighted by atomic mass is 28.4. The second-order valence-corrected chi connectivity index (χ2v) is 15.5. The Labute approximate surface area is 206 Å². The molecule has 190 valence electrons. The Bertz CT molecular complexity index is 860. The predicted octanol–water partition coefficient (Wildman–Crippen LogP) is 5.24. The van der Waals surface area contributed by atoms with Crippen molar-refractivity contribution in [1.29, 1.82) is 0 Å². The summed E-state index contributed by atoms with van der Waals surface area (Å²) in [6.45, 7) is 17.5. The van der Waals surface area contributed by atoms with Crippen LogP contribution < -0.4 is 0 Å². The lowest BCUT2D eigenvalue weighted by Gasteiger charge is -2.52. The molecule has 0 heterocycles. The first-order valence-corrected chi connectivity index (χ1v) is 14.7. The fourth-order valence-corrected chi connectivity index (χ4v) is 5.73. The van der Waals surface area contributed by atoms with Crippen molar-refractivity contribution in [2.75, 3.05) is 14.2 Å². The van der Waals surface area contributed by atoms with E-state index in [-0.39, 0.29) is 22.8 Å². The van der Waals surface area contributed by atoms with Crippen LogP contribution in [0.15, 0.2) is 54.8 Å². The number of rotatable bonds is 9. The van der Waals surface area contributed by atoms with Crippen LogP contribution in [-0.4, -0.2) is 51.4 Å². The molecule has 0 aliphatic heterocycles. The zero-order chi connectivity index (χ0) is 25.7. The number of ether oxygens (including phenoxy) is 3. The van der Waals surface area contributed by atoms with Crippen molar-refractivity contribution in [2.45, 2.75) is 76.7 Å². The molecule has 1 aromatic carbocycles. The van der Waals surface area contributed by atoms with Crippen LogP contribution in [0.1, 0.15) is 39.7 Å². The third-order valence-electron chi connectivity index (χ3n) is 7.30. The first kappa shape index (κ1) is 28.3. The van der Waals surface area contributed by atoms with Gasteiger partial charge in [0.1, 0.15) is 11.4 Å². The van der Waals surface area contributed by atoms with E-state index in [2.05, 4.69) is 40.4 Å². The third-order valence-corrected chi connectivity index (χ3v) is 11.8. The molecule has 6 nitrogen and oxygen atoms in total. The molecule has 0 spiro atoms. The van der Waals surface area contributed by atoms with E-state index in [1.54, 1.807) is 6.08 Å². The van der Waals surface area contributed by atoms with Gasteiger partial charge in [0.2, 0.25) is 0 Å². The van der Waals surface area contributed by atoms with Gasteiger partial charge in [-0.3, -0.25) is 0 Å². The van der Waals surface area contributed by atoms with E-state index < -0.39 is 31.9 Å². The molecule has 1 N–H and O–H groups in total. The van der Waals surface area contributed by atoms with E-state index in [0.717, 1.165) is 5.56 Å². The minimum absolute atomic E-state index is 0.0105. The Hall–Kier alpha value is -1.93. The highest BCUT2D eigenvalue weighted by molar-refractivity contribution is 6.74. The van der Waals surface area contributed by atoms with Crippen molar-refractivity contribution in [3.63, 3.8) is 0 Å². The molecule has 5 atom stereocenters. The lowest BCUT2D eigenvalue weighted by molar-refractivity contribution is -0.172. The standard InChI is InChI=1S/C27H42O6Si/c1-10-21-25(32-18-20-14-12-11-13-15-20)24(33-34(8,9)26(3,4)5)19(2)17-27(21,29)22(30-6)16-23(28)31-7/h10-16,19,21,24-25,29H,1,17-18H2,2-9H3/b22-16-/t19-,21+,24-,25-,27-/m1/s1. The van der Waals surface area contributed by atoms with Crippen molar-refractivity contribution in [3.8, 4) is 0 Å². The zero-order valence-electron chi connectivity index (χ0n) is 22.0. The van der Waals surface area contributed by atoms with Crippen LogP contribution in [0.2, 0.25) is 18.1 Å². The Morgan fingerprint density at radius 3 is 2.29 bits per heavy atom. The van der Waals surface area contributed by atoms with E-state index in [9.17, 15) is 9.90 Å². The van der Waals surface area contributed by atoms with Gasteiger partial charge in [-0.15, -0.1) is 6.58 Å². The van der Waals surface area contributed by atoms with Gasteiger partial charge in [-0.25, -0.2) is 4.79 Å². The van der Waals surface area contributed by atoms with Gasteiger partial charge in [-0.2, -0.15) is 0 Å². The molecule has 1 aromatic rings. The molecule has 0 bridgehead atoms. The quantitative estimate of drug-likeness (QED) is 0.168. The second-order valence-electron chi connectivity index (χ2n) is 10.7. The fourth-order valence-electron chi connectivity index (χ4n) is 4.33. The summed E-state index contributed by atoms with van der Waals surface area (Å²) in [5.41, 5.74) is -0.478. The van der Waals surface area contributed by atoms with Crippen LogP contribution in [-0.2, 0) is 30.0 Å². The summed E-state index contributed by atoms with van der Waals surface area (Å²) in [4.78, 5) is 12.0. The fraction of sp³-hybridized carbons (Fsp3) is 0.593. The molecule has 0 unspecified atom stereocenters. The van der Waals surface area contributed by atoms with Gasteiger partial charge in [0, 0.05) is 5.92 Å². The average Bonchev–Trinajstić information content (AvgIpc) is 2.77. The molecule has 0 amide bonds. The molecular formula is C27H42O6Si. The Balaban J connectivity index is 2.52. The Morgan fingerprint density at radius 2 is 1.79 bits per heavy atom. The van der Waals surface area contributed by atoms with Crippen molar-refractivity contribution >= 4 is 14.3 Å². The highest BCUT2D eigenvalue weighted by Gasteiger charge is 2.56.